The van der Waals surface area contributed by atoms with Crippen LogP contribution in [0, 0.1) is 13.8 Å². The molecule has 0 spiro atoms. The molecular weight excluding hydrogens is 412 g/mol. The first-order valence-corrected chi connectivity index (χ1v) is 9.82. The van der Waals surface area contributed by atoms with E-state index in [-0.39, 0.29) is 5.91 Å². The van der Waals surface area contributed by atoms with Gasteiger partial charge in [-0.15, -0.1) is 0 Å². The largest absolute Gasteiger partial charge is 0.495 e. The van der Waals surface area contributed by atoms with Crippen LogP contribution in [0.15, 0.2) is 42.5 Å². The van der Waals surface area contributed by atoms with Gasteiger partial charge >= 0.3 is 6.03 Å². The van der Waals surface area contributed by atoms with Gasteiger partial charge in [-0.3, -0.25) is 10.1 Å². The van der Waals surface area contributed by atoms with Crippen LogP contribution in [0.3, 0.4) is 0 Å². The molecule has 1 heterocycles. The quantitative estimate of drug-likeness (QED) is 0.510. The Bertz CT molecular complexity index is 1050. The second kappa shape index (κ2) is 8.93. The fourth-order valence-corrected chi connectivity index (χ4v) is 3.52. The van der Waals surface area contributed by atoms with Gasteiger partial charge in [0.05, 0.1) is 18.5 Å². The molecule has 2 aromatic carbocycles. The van der Waals surface area contributed by atoms with Gasteiger partial charge in [0, 0.05) is 10.7 Å². The van der Waals surface area contributed by atoms with Crippen molar-refractivity contribution >= 4 is 51.4 Å². The van der Waals surface area contributed by atoms with E-state index < -0.39 is 6.03 Å². The van der Waals surface area contributed by atoms with E-state index in [9.17, 15) is 9.59 Å². The van der Waals surface area contributed by atoms with E-state index in [0.717, 1.165) is 16.9 Å². The van der Waals surface area contributed by atoms with E-state index in [4.69, 9.17) is 16.3 Å². The van der Waals surface area contributed by atoms with Gasteiger partial charge in [0.15, 0.2) is 5.13 Å². The number of aromatic nitrogens is 1. The number of methoxy groups -OCH3 is 1. The molecule has 150 valence electrons. The van der Waals surface area contributed by atoms with Crippen LogP contribution in [0.1, 0.15) is 20.9 Å². The lowest BCUT2D eigenvalue weighted by molar-refractivity contribution is 0.102. The maximum Gasteiger partial charge on any atom is 0.325 e. The summed E-state index contributed by atoms with van der Waals surface area (Å²) < 4.78 is 5.31. The van der Waals surface area contributed by atoms with Crippen molar-refractivity contribution < 1.29 is 14.3 Å². The third kappa shape index (κ3) is 5.24. The van der Waals surface area contributed by atoms with Gasteiger partial charge in [0.1, 0.15) is 10.6 Å². The molecule has 0 atom stereocenters. The van der Waals surface area contributed by atoms with Crippen molar-refractivity contribution in [3.8, 4) is 5.75 Å². The molecule has 0 saturated carbocycles. The zero-order valence-corrected chi connectivity index (χ0v) is 17.6. The molecule has 0 unspecified atom stereocenters. The standard InChI is InChI=1S/C20H19ClN4O3S/c1-11-4-9-15(16(10-11)28-3)24-18(26)17-12(2)22-20(29-17)25-19(27)23-14-7-5-13(21)6-8-14/h4-10H,1-3H3,(H,24,26)(H2,22,23,25,27). The molecule has 3 amide bonds. The van der Waals surface area contributed by atoms with Gasteiger partial charge < -0.3 is 15.4 Å². The Hall–Kier alpha value is -3.10. The predicted molar refractivity (Wildman–Crippen MR) is 117 cm³/mol. The molecule has 29 heavy (non-hydrogen) atoms. The topological polar surface area (TPSA) is 92.4 Å². The van der Waals surface area contributed by atoms with E-state index in [1.54, 1.807) is 44.4 Å². The minimum atomic E-state index is -0.465. The normalized spacial score (nSPS) is 10.3. The van der Waals surface area contributed by atoms with Gasteiger partial charge in [0.25, 0.3) is 5.91 Å². The molecule has 3 aromatic rings. The highest BCUT2D eigenvalue weighted by Gasteiger charge is 2.18. The Morgan fingerprint density at radius 1 is 1.03 bits per heavy atom. The summed E-state index contributed by atoms with van der Waals surface area (Å²) in [4.78, 5) is 29.5. The summed E-state index contributed by atoms with van der Waals surface area (Å²) in [5.74, 6) is 0.245. The van der Waals surface area contributed by atoms with Crippen LogP contribution in [-0.2, 0) is 0 Å². The van der Waals surface area contributed by atoms with Crippen molar-refractivity contribution in [3.63, 3.8) is 0 Å². The Balaban J connectivity index is 1.68. The number of aryl methyl sites for hydroxylation is 2. The second-order valence-electron chi connectivity index (χ2n) is 6.18. The van der Waals surface area contributed by atoms with Crippen molar-refractivity contribution in [1.29, 1.82) is 0 Å². The minimum absolute atomic E-state index is 0.315. The molecule has 0 aliphatic heterocycles. The molecule has 0 saturated heterocycles. The van der Waals surface area contributed by atoms with Crippen LogP contribution in [0.5, 0.6) is 5.75 Å². The molecule has 0 fully saturated rings. The van der Waals surface area contributed by atoms with E-state index in [0.29, 0.717) is 37.8 Å². The number of carbonyl (C=O) groups is 2. The Morgan fingerprint density at radius 2 is 1.76 bits per heavy atom. The summed E-state index contributed by atoms with van der Waals surface area (Å²) in [5.41, 5.74) is 2.68. The lowest BCUT2D eigenvalue weighted by atomic mass is 10.2. The predicted octanol–water partition coefficient (Wildman–Crippen LogP) is 5.32. The first kappa shape index (κ1) is 20.6. The van der Waals surface area contributed by atoms with Crippen molar-refractivity contribution in [2.45, 2.75) is 13.8 Å². The summed E-state index contributed by atoms with van der Waals surface area (Å²) in [7, 11) is 1.55. The third-order valence-corrected chi connectivity index (χ3v) is 5.25. The second-order valence-corrected chi connectivity index (χ2v) is 7.61. The van der Waals surface area contributed by atoms with Crippen LogP contribution >= 0.6 is 22.9 Å². The number of anilines is 3. The number of nitrogens with zero attached hydrogens (tertiary/aromatic N) is 1. The molecule has 0 aliphatic carbocycles. The van der Waals surface area contributed by atoms with E-state index in [1.807, 2.05) is 19.1 Å². The Labute approximate surface area is 177 Å². The van der Waals surface area contributed by atoms with Crippen molar-refractivity contribution in [2.75, 3.05) is 23.1 Å². The fourth-order valence-electron chi connectivity index (χ4n) is 2.53. The van der Waals surface area contributed by atoms with E-state index in [1.165, 1.54) is 0 Å². The molecule has 0 bridgehead atoms. The maximum absolute atomic E-state index is 12.7. The molecule has 1 aromatic heterocycles. The third-order valence-electron chi connectivity index (χ3n) is 3.93. The average Bonchev–Trinajstić information content (AvgIpc) is 3.05. The number of hydrogen-bond acceptors (Lipinski definition) is 5. The lowest BCUT2D eigenvalue weighted by Gasteiger charge is -2.10. The zero-order chi connectivity index (χ0) is 21.0. The number of carbonyl (C=O) groups excluding carboxylic acids is 2. The number of nitrogens with one attached hydrogen (secondary N) is 3. The van der Waals surface area contributed by atoms with Gasteiger partial charge in [-0.1, -0.05) is 29.0 Å². The number of ether oxygens (including phenoxy) is 1. The van der Waals surface area contributed by atoms with Crippen molar-refractivity contribution in [3.05, 3.63) is 63.6 Å². The SMILES string of the molecule is COc1cc(C)ccc1NC(=O)c1sc(NC(=O)Nc2ccc(Cl)cc2)nc1C. The highest BCUT2D eigenvalue weighted by molar-refractivity contribution is 7.17. The number of benzene rings is 2. The molecule has 0 radical (unpaired) electrons. The van der Waals surface area contributed by atoms with Gasteiger partial charge in [-0.05, 0) is 55.8 Å². The highest BCUT2D eigenvalue weighted by atomic mass is 35.5. The summed E-state index contributed by atoms with van der Waals surface area (Å²) in [6, 6.07) is 11.7. The highest BCUT2D eigenvalue weighted by Crippen LogP contribution is 2.28. The summed E-state index contributed by atoms with van der Waals surface area (Å²) >= 11 is 6.92. The van der Waals surface area contributed by atoms with E-state index >= 15 is 0 Å². The van der Waals surface area contributed by atoms with Crippen LogP contribution in [0.2, 0.25) is 5.02 Å². The van der Waals surface area contributed by atoms with Gasteiger partial charge in [-0.25, -0.2) is 9.78 Å². The Morgan fingerprint density at radius 3 is 2.45 bits per heavy atom. The van der Waals surface area contributed by atoms with E-state index in [2.05, 4.69) is 20.9 Å². The minimum Gasteiger partial charge on any atom is -0.495 e. The summed E-state index contributed by atoms with van der Waals surface area (Å²) in [5, 5.41) is 9.03. The Kier molecular flexibility index (Phi) is 6.36. The van der Waals surface area contributed by atoms with Crippen LogP contribution in [0.25, 0.3) is 0 Å². The average molecular weight is 431 g/mol. The van der Waals surface area contributed by atoms with Crippen molar-refractivity contribution in [1.82, 2.24) is 4.98 Å². The van der Waals surface area contributed by atoms with Crippen LogP contribution in [0.4, 0.5) is 21.3 Å². The molecule has 0 aliphatic rings. The van der Waals surface area contributed by atoms with Crippen LogP contribution < -0.4 is 20.7 Å². The van der Waals surface area contributed by atoms with Crippen molar-refractivity contribution in [2.24, 2.45) is 0 Å². The number of thiazole rings is 1. The fraction of sp³-hybridized carbons (Fsp3) is 0.150. The number of hydrogen-bond donors (Lipinski definition) is 3. The first-order valence-electron chi connectivity index (χ1n) is 8.62. The number of amides is 3. The molecule has 7 nitrogen and oxygen atoms in total. The number of rotatable bonds is 5. The molecule has 3 N–H and O–H groups in total. The monoisotopic (exact) mass is 430 g/mol. The lowest BCUT2D eigenvalue weighted by Crippen LogP contribution is -2.19. The van der Waals surface area contributed by atoms with Gasteiger partial charge in [0.2, 0.25) is 0 Å². The zero-order valence-electron chi connectivity index (χ0n) is 16.0. The maximum atomic E-state index is 12.7. The molecular formula is C20H19ClN4O3S. The number of halogens is 1. The van der Waals surface area contributed by atoms with Gasteiger partial charge in [-0.2, -0.15) is 0 Å². The summed E-state index contributed by atoms with van der Waals surface area (Å²) in [6.45, 7) is 3.65. The van der Waals surface area contributed by atoms with Crippen LogP contribution in [-0.4, -0.2) is 24.0 Å². The smallest absolute Gasteiger partial charge is 0.325 e. The molecule has 9 heteroatoms. The molecule has 3 rings (SSSR count). The number of urea groups is 1. The first-order chi connectivity index (χ1) is 13.9. The summed E-state index contributed by atoms with van der Waals surface area (Å²) in [6.07, 6.45) is 0.